The van der Waals surface area contributed by atoms with Crippen molar-refractivity contribution < 1.29 is 13.5 Å². The minimum Gasteiger partial charge on any atom is -0.391 e. The van der Waals surface area contributed by atoms with Gasteiger partial charge in [-0.15, -0.1) is 11.3 Å². The summed E-state index contributed by atoms with van der Waals surface area (Å²) in [7, 11) is -3.62. The van der Waals surface area contributed by atoms with Crippen molar-refractivity contribution in [2.75, 3.05) is 0 Å². The first-order valence-electron chi connectivity index (χ1n) is 5.72. The predicted octanol–water partition coefficient (Wildman–Crippen LogP) is 2.18. The lowest BCUT2D eigenvalue weighted by Crippen LogP contribution is -2.23. The van der Waals surface area contributed by atoms with Crippen LogP contribution in [-0.2, 0) is 23.2 Å². The van der Waals surface area contributed by atoms with E-state index in [1.807, 2.05) is 13.0 Å². The Kier molecular flexibility index (Phi) is 4.92. The van der Waals surface area contributed by atoms with Crippen LogP contribution in [-0.4, -0.2) is 18.5 Å². The maximum Gasteiger partial charge on any atom is 0.242 e. The van der Waals surface area contributed by atoms with Crippen molar-refractivity contribution in [3.8, 4) is 0 Å². The molecule has 2 aromatic rings. The number of thiophene rings is 1. The molecule has 20 heavy (non-hydrogen) atoms. The number of hydrogen-bond acceptors (Lipinski definition) is 5. The van der Waals surface area contributed by atoms with Gasteiger partial charge in [0.15, 0.2) is 0 Å². The Bertz CT molecular complexity index is 713. The van der Waals surface area contributed by atoms with Crippen LogP contribution in [0.15, 0.2) is 33.2 Å². The molecular weight excluding hydrogens is 364 g/mol. The van der Waals surface area contributed by atoms with Gasteiger partial charge in [0.2, 0.25) is 10.0 Å². The average molecular weight is 377 g/mol. The van der Waals surface area contributed by atoms with E-state index >= 15 is 0 Å². The number of halogens is 1. The predicted molar refractivity (Wildman–Crippen MR) is 80.9 cm³/mol. The molecule has 2 N–H and O–H groups in total. The molecular formula is C12H13BrN2O3S2. The van der Waals surface area contributed by atoms with Gasteiger partial charge in [-0.25, -0.2) is 13.1 Å². The van der Waals surface area contributed by atoms with E-state index in [1.165, 1.54) is 17.4 Å². The van der Waals surface area contributed by atoms with E-state index in [1.54, 1.807) is 12.4 Å². The SMILES string of the molecule is Cc1ccncc1CNS(=O)(=O)c1cc(CO)sc1Br. The maximum absolute atomic E-state index is 12.2. The number of rotatable bonds is 5. The summed E-state index contributed by atoms with van der Waals surface area (Å²) in [5, 5.41) is 9.05. The van der Waals surface area contributed by atoms with E-state index in [4.69, 9.17) is 5.11 Å². The number of aliphatic hydroxyl groups excluding tert-OH is 1. The zero-order valence-corrected chi connectivity index (χ0v) is 13.8. The Morgan fingerprint density at radius 2 is 2.25 bits per heavy atom. The molecule has 0 saturated heterocycles. The zero-order chi connectivity index (χ0) is 14.8. The molecule has 0 fully saturated rings. The molecule has 8 heteroatoms. The summed E-state index contributed by atoms with van der Waals surface area (Å²) in [5.41, 5.74) is 1.80. The van der Waals surface area contributed by atoms with Gasteiger partial charge in [-0.05, 0) is 46.1 Å². The molecule has 2 aromatic heterocycles. The second kappa shape index (κ2) is 6.31. The third-order valence-corrected chi connectivity index (χ3v) is 6.39. The van der Waals surface area contributed by atoms with Crippen LogP contribution in [0.5, 0.6) is 0 Å². The van der Waals surface area contributed by atoms with Crippen molar-refractivity contribution in [2.24, 2.45) is 0 Å². The van der Waals surface area contributed by atoms with Gasteiger partial charge in [-0.2, -0.15) is 0 Å². The number of nitrogens with one attached hydrogen (secondary N) is 1. The molecule has 2 rings (SSSR count). The van der Waals surface area contributed by atoms with Gasteiger partial charge >= 0.3 is 0 Å². The van der Waals surface area contributed by atoms with Crippen LogP contribution in [0.25, 0.3) is 0 Å². The Hall–Kier alpha value is -0.800. The zero-order valence-electron chi connectivity index (χ0n) is 10.6. The quantitative estimate of drug-likeness (QED) is 0.837. The Morgan fingerprint density at radius 1 is 1.50 bits per heavy atom. The van der Waals surface area contributed by atoms with Gasteiger partial charge in [0, 0.05) is 23.8 Å². The number of nitrogens with zero attached hydrogens (tertiary/aromatic N) is 1. The number of aryl methyl sites for hydroxylation is 1. The Morgan fingerprint density at radius 3 is 2.85 bits per heavy atom. The standard InChI is InChI=1S/C12H13BrN2O3S2/c1-8-2-3-14-5-9(8)6-15-20(17,18)11-4-10(7-16)19-12(11)13/h2-5,15-16H,6-7H2,1H3. The van der Waals surface area contributed by atoms with E-state index in [9.17, 15) is 8.42 Å². The number of hydrogen-bond donors (Lipinski definition) is 2. The molecule has 0 aromatic carbocycles. The molecule has 0 bridgehead atoms. The smallest absolute Gasteiger partial charge is 0.242 e. The highest BCUT2D eigenvalue weighted by atomic mass is 79.9. The lowest BCUT2D eigenvalue weighted by molar-refractivity contribution is 0.285. The van der Waals surface area contributed by atoms with Gasteiger partial charge < -0.3 is 5.11 Å². The van der Waals surface area contributed by atoms with E-state index in [0.717, 1.165) is 11.1 Å². The average Bonchev–Trinajstić information content (AvgIpc) is 2.80. The minimum absolute atomic E-state index is 0.146. The topological polar surface area (TPSA) is 79.3 Å². The molecule has 108 valence electrons. The first kappa shape index (κ1) is 15.6. The van der Waals surface area contributed by atoms with Gasteiger partial charge in [0.25, 0.3) is 0 Å². The van der Waals surface area contributed by atoms with E-state index in [-0.39, 0.29) is 18.0 Å². The van der Waals surface area contributed by atoms with Gasteiger partial charge in [-0.3, -0.25) is 4.98 Å². The summed E-state index contributed by atoms with van der Waals surface area (Å²) in [5.74, 6) is 0. The number of aromatic nitrogens is 1. The number of pyridine rings is 1. The molecule has 0 saturated carbocycles. The summed E-state index contributed by atoms with van der Waals surface area (Å²) in [6.45, 7) is 1.90. The fourth-order valence-corrected chi connectivity index (χ4v) is 5.14. The first-order valence-corrected chi connectivity index (χ1v) is 8.81. The fraction of sp³-hybridized carbons (Fsp3) is 0.250. The van der Waals surface area contributed by atoms with Crippen molar-refractivity contribution in [3.63, 3.8) is 0 Å². The highest BCUT2D eigenvalue weighted by molar-refractivity contribution is 9.11. The van der Waals surface area contributed by atoms with Gasteiger partial charge in [-0.1, -0.05) is 0 Å². The van der Waals surface area contributed by atoms with Crippen molar-refractivity contribution in [2.45, 2.75) is 25.0 Å². The molecule has 0 amide bonds. The van der Waals surface area contributed by atoms with Gasteiger partial charge in [0.05, 0.1) is 10.4 Å². The lowest BCUT2D eigenvalue weighted by Gasteiger charge is -2.07. The molecule has 0 radical (unpaired) electrons. The molecule has 2 heterocycles. The summed E-state index contributed by atoms with van der Waals surface area (Å²) < 4.78 is 27.5. The number of aliphatic hydroxyl groups is 1. The lowest BCUT2D eigenvalue weighted by atomic mass is 10.2. The third kappa shape index (κ3) is 3.44. The van der Waals surface area contributed by atoms with Crippen LogP contribution in [0.4, 0.5) is 0 Å². The molecule has 5 nitrogen and oxygen atoms in total. The summed E-state index contributed by atoms with van der Waals surface area (Å²) in [6, 6.07) is 3.29. The molecule has 0 atom stereocenters. The maximum atomic E-state index is 12.2. The molecule has 0 spiro atoms. The Balaban J connectivity index is 2.19. The highest BCUT2D eigenvalue weighted by Crippen LogP contribution is 2.31. The van der Waals surface area contributed by atoms with Crippen LogP contribution >= 0.6 is 27.3 Å². The van der Waals surface area contributed by atoms with E-state index in [2.05, 4.69) is 25.6 Å². The van der Waals surface area contributed by atoms with Crippen molar-refractivity contribution in [3.05, 3.63) is 44.3 Å². The largest absolute Gasteiger partial charge is 0.391 e. The number of sulfonamides is 1. The minimum atomic E-state index is -3.62. The molecule has 0 unspecified atom stereocenters. The highest BCUT2D eigenvalue weighted by Gasteiger charge is 2.20. The van der Waals surface area contributed by atoms with Crippen LogP contribution in [0.1, 0.15) is 16.0 Å². The fourth-order valence-electron chi connectivity index (χ4n) is 1.59. The van der Waals surface area contributed by atoms with Crippen molar-refractivity contribution >= 4 is 37.3 Å². The second-order valence-corrected chi connectivity index (χ2v) is 8.33. The normalized spacial score (nSPS) is 11.8. The Labute approximate surface area is 129 Å². The van der Waals surface area contributed by atoms with Gasteiger partial charge in [0.1, 0.15) is 4.90 Å². The van der Waals surface area contributed by atoms with Crippen LogP contribution in [0.3, 0.4) is 0 Å². The monoisotopic (exact) mass is 376 g/mol. The third-order valence-electron chi connectivity index (χ3n) is 2.75. The molecule has 0 aliphatic heterocycles. The van der Waals surface area contributed by atoms with E-state index in [0.29, 0.717) is 8.66 Å². The van der Waals surface area contributed by atoms with Crippen molar-refractivity contribution in [1.82, 2.24) is 9.71 Å². The summed E-state index contributed by atoms with van der Waals surface area (Å²) >= 11 is 4.41. The summed E-state index contributed by atoms with van der Waals surface area (Å²) in [6.07, 6.45) is 3.30. The van der Waals surface area contributed by atoms with Crippen LogP contribution < -0.4 is 4.72 Å². The molecule has 0 aliphatic carbocycles. The first-order chi connectivity index (χ1) is 9.44. The second-order valence-electron chi connectivity index (χ2n) is 4.14. The van der Waals surface area contributed by atoms with E-state index < -0.39 is 10.0 Å². The molecule has 0 aliphatic rings. The van der Waals surface area contributed by atoms with Crippen molar-refractivity contribution in [1.29, 1.82) is 0 Å². The van der Waals surface area contributed by atoms with Crippen LogP contribution in [0.2, 0.25) is 0 Å². The summed E-state index contributed by atoms with van der Waals surface area (Å²) in [4.78, 5) is 4.72. The van der Waals surface area contributed by atoms with Crippen LogP contribution in [0, 0.1) is 6.92 Å².